The number of likely N-dealkylation sites (tertiary alicyclic amines) is 1. The fourth-order valence-electron chi connectivity index (χ4n) is 4.45. The van der Waals surface area contributed by atoms with Crippen molar-refractivity contribution in [1.82, 2.24) is 4.57 Å². The molecule has 2 aliphatic rings. The number of aromatic hydroxyl groups is 1. The van der Waals surface area contributed by atoms with Crippen LogP contribution >= 0.6 is 15.9 Å². The van der Waals surface area contributed by atoms with E-state index >= 15 is 0 Å². The van der Waals surface area contributed by atoms with Crippen LogP contribution in [0.15, 0.2) is 39.6 Å². The topological polar surface area (TPSA) is 55.9 Å². The summed E-state index contributed by atoms with van der Waals surface area (Å²) in [4.78, 5) is 13.6. The summed E-state index contributed by atoms with van der Waals surface area (Å²) < 4.78 is 8.12. The van der Waals surface area contributed by atoms with Gasteiger partial charge in [-0.25, -0.2) is 0 Å². The third-order valence-electron chi connectivity index (χ3n) is 5.45. The monoisotopic (exact) mass is 405 g/mol. The molecule has 25 heavy (non-hydrogen) atoms. The Morgan fingerprint density at radius 2 is 2.20 bits per heavy atom. The number of ether oxygens (including phenoxy) is 1. The molecule has 5 nitrogen and oxygen atoms in total. The van der Waals surface area contributed by atoms with E-state index in [1.165, 1.54) is 4.90 Å². The van der Waals surface area contributed by atoms with Gasteiger partial charge in [0.15, 0.2) is 11.5 Å². The molecule has 2 aliphatic heterocycles. The molecule has 1 aromatic carbocycles. The van der Waals surface area contributed by atoms with E-state index in [0.29, 0.717) is 17.6 Å². The molecule has 1 aromatic heterocycles. The number of phenolic OH excluding ortho intramolecular Hbond substituents is 1. The van der Waals surface area contributed by atoms with Crippen LogP contribution in [0.4, 0.5) is 0 Å². The summed E-state index contributed by atoms with van der Waals surface area (Å²) in [7, 11) is 1.57. The number of hydrogen-bond acceptors (Lipinski definition) is 3. The largest absolute Gasteiger partial charge is 0.504 e. The summed E-state index contributed by atoms with van der Waals surface area (Å²) >= 11 is 3.49. The van der Waals surface area contributed by atoms with Crippen molar-refractivity contribution in [3.8, 4) is 11.5 Å². The van der Waals surface area contributed by atoms with Crippen molar-refractivity contribution in [2.75, 3.05) is 20.2 Å². The van der Waals surface area contributed by atoms with E-state index in [4.69, 9.17) is 4.74 Å². The standard InChI is InChI=1S/C19H21BrN2O3/c1-25-17-7-15(20)6-14(19(17)24)11-21-8-12-5-13(10-21)16-3-2-4-18(23)22(16)9-12/h2-4,6-7,12-13,24H,5,8-11H2,1H3/p+1/t12-,13+/m1/s1. The number of phenols is 1. The van der Waals surface area contributed by atoms with Gasteiger partial charge in [0.05, 0.1) is 25.8 Å². The van der Waals surface area contributed by atoms with Crippen molar-refractivity contribution >= 4 is 15.9 Å². The second kappa shape index (κ2) is 6.50. The van der Waals surface area contributed by atoms with Gasteiger partial charge in [0.25, 0.3) is 5.56 Å². The maximum absolute atomic E-state index is 12.1. The number of rotatable bonds is 3. The average Bonchev–Trinajstić information content (AvgIpc) is 2.59. The van der Waals surface area contributed by atoms with Crippen molar-refractivity contribution < 1.29 is 14.7 Å². The second-order valence-electron chi connectivity index (χ2n) is 7.15. The Hall–Kier alpha value is -1.79. The summed E-state index contributed by atoms with van der Waals surface area (Å²) in [5.41, 5.74) is 2.17. The number of fused-ring (bicyclic) bond motifs is 4. The van der Waals surface area contributed by atoms with E-state index in [0.717, 1.165) is 48.3 Å². The maximum Gasteiger partial charge on any atom is 0.250 e. The minimum absolute atomic E-state index is 0.116. The van der Waals surface area contributed by atoms with E-state index in [2.05, 4.69) is 22.0 Å². The van der Waals surface area contributed by atoms with Crippen LogP contribution in [-0.2, 0) is 13.1 Å². The third-order valence-corrected chi connectivity index (χ3v) is 5.91. The molecule has 1 fully saturated rings. The van der Waals surface area contributed by atoms with Gasteiger partial charge in [0, 0.05) is 34.6 Å². The van der Waals surface area contributed by atoms with Crippen LogP contribution in [0.1, 0.15) is 23.6 Å². The molecule has 0 aliphatic carbocycles. The molecule has 0 saturated carbocycles. The zero-order valence-electron chi connectivity index (χ0n) is 14.2. The normalized spacial score (nSPS) is 24.6. The SMILES string of the molecule is COc1cc(Br)cc(C[NH+]2C[C@H]3C[C@@H](C2)c2cccc(=O)n2C3)c1O. The average molecular weight is 406 g/mol. The lowest BCUT2D eigenvalue weighted by atomic mass is 9.83. The molecule has 132 valence electrons. The number of aromatic nitrogens is 1. The Labute approximate surface area is 155 Å². The van der Waals surface area contributed by atoms with E-state index < -0.39 is 0 Å². The van der Waals surface area contributed by atoms with Crippen molar-refractivity contribution in [3.05, 3.63) is 56.4 Å². The number of halogens is 1. The van der Waals surface area contributed by atoms with Gasteiger partial charge < -0.3 is 19.3 Å². The molecule has 2 bridgehead atoms. The number of methoxy groups -OCH3 is 1. The molecular weight excluding hydrogens is 384 g/mol. The Bertz CT molecular complexity index is 864. The summed E-state index contributed by atoms with van der Waals surface area (Å²) in [6.45, 7) is 3.56. The van der Waals surface area contributed by atoms with Crippen LogP contribution in [0.5, 0.6) is 11.5 Å². The van der Waals surface area contributed by atoms with Crippen LogP contribution in [0, 0.1) is 5.92 Å². The molecular formula is C19H22BrN2O3+. The van der Waals surface area contributed by atoms with Gasteiger partial charge in [-0.05, 0) is 24.6 Å². The van der Waals surface area contributed by atoms with Gasteiger partial charge in [-0.1, -0.05) is 22.0 Å². The number of nitrogens with one attached hydrogen (secondary N) is 1. The van der Waals surface area contributed by atoms with Crippen molar-refractivity contribution in [2.45, 2.75) is 25.4 Å². The molecule has 0 radical (unpaired) electrons. The number of piperidine rings is 1. The van der Waals surface area contributed by atoms with E-state index in [1.54, 1.807) is 19.2 Å². The van der Waals surface area contributed by atoms with Crippen LogP contribution in [0.2, 0.25) is 0 Å². The molecule has 1 unspecified atom stereocenters. The van der Waals surface area contributed by atoms with Gasteiger partial charge in [-0.2, -0.15) is 0 Å². The quantitative estimate of drug-likeness (QED) is 0.813. The zero-order chi connectivity index (χ0) is 17.6. The van der Waals surface area contributed by atoms with Crippen LogP contribution in [0.3, 0.4) is 0 Å². The Morgan fingerprint density at radius 1 is 1.36 bits per heavy atom. The molecule has 6 heteroatoms. The smallest absolute Gasteiger partial charge is 0.250 e. The fraction of sp³-hybridized carbons (Fsp3) is 0.421. The predicted molar refractivity (Wildman–Crippen MR) is 98.3 cm³/mol. The van der Waals surface area contributed by atoms with Gasteiger partial charge >= 0.3 is 0 Å². The highest BCUT2D eigenvalue weighted by Crippen LogP contribution is 2.34. The minimum atomic E-state index is 0.116. The summed E-state index contributed by atoms with van der Waals surface area (Å²) in [5.74, 6) is 1.65. The zero-order valence-corrected chi connectivity index (χ0v) is 15.8. The fourth-order valence-corrected chi connectivity index (χ4v) is 4.94. The lowest BCUT2D eigenvalue weighted by Gasteiger charge is -2.40. The first-order valence-corrected chi connectivity index (χ1v) is 9.43. The minimum Gasteiger partial charge on any atom is -0.504 e. The molecule has 2 aromatic rings. The van der Waals surface area contributed by atoms with Gasteiger partial charge in [0.1, 0.15) is 6.54 Å². The molecule has 0 spiro atoms. The van der Waals surface area contributed by atoms with Gasteiger partial charge in [-0.3, -0.25) is 4.79 Å². The molecule has 3 atom stereocenters. The van der Waals surface area contributed by atoms with Crippen LogP contribution in [0.25, 0.3) is 0 Å². The molecule has 0 amide bonds. The highest BCUT2D eigenvalue weighted by molar-refractivity contribution is 9.10. The highest BCUT2D eigenvalue weighted by atomic mass is 79.9. The number of benzene rings is 1. The molecule has 4 rings (SSSR count). The van der Waals surface area contributed by atoms with E-state index in [9.17, 15) is 9.90 Å². The second-order valence-corrected chi connectivity index (χ2v) is 8.06. The van der Waals surface area contributed by atoms with E-state index in [1.807, 2.05) is 16.7 Å². The van der Waals surface area contributed by atoms with Crippen molar-refractivity contribution in [3.63, 3.8) is 0 Å². The lowest BCUT2D eigenvalue weighted by molar-refractivity contribution is -0.924. The van der Waals surface area contributed by atoms with Crippen LogP contribution < -0.4 is 15.2 Å². The summed E-state index contributed by atoms with van der Waals surface area (Å²) in [6, 6.07) is 9.36. The first-order valence-electron chi connectivity index (χ1n) is 8.64. The Kier molecular flexibility index (Phi) is 4.33. The van der Waals surface area contributed by atoms with Gasteiger partial charge in [-0.15, -0.1) is 0 Å². The number of pyridine rings is 1. The molecule has 1 saturated heterocycles. The predicted octanol–water partition coefficient (Wildman–Crippen LogP) is 1.53. The molecule has 3 heterocycles. The number of nitrogens with zero attached hydrogens (tertiary/aromatic N) is 1. The van der Waals surface area contributed by atoms with E-state index in [-0.39, 0.29) is 11.3 Å². The lowest BCUT2D eigenvalue weighted by Crippen LogP contribution is -3.13. The third kappa shape index (κ3) is 3.09. The summed E-state index contributed by atoms with van der Waals surface area (Å²) in [5, 5.41) is 10.4. The molecule has 2 N–H and O–H groups in total. The first kappa shape index (κ1) is 16.7. The highest BCUT2D eigenvalue weighted by Gasteiger charge is 2.37. The Balaban J connectivity index is 1.59. The summed E-state index contributed by atoms with van der Waals surface area (Å²) in [6.07, 6.45) is 1.15. The van der Waals surface area contributed by atoms with Crippen LogP contribution in [-0.4, -0.2) is 29.9 Å². The maximum atomic E-state index is 12.1. The Morgan fingerprint density at radius 3 is 3.00 bits per heavy atom. The van der Waals surface area contributed by atoms with Crippen molar-refractivity contribution in [1.29, 1.82) is 0 Å². The van der Waals surface area contributed by atoms with Crippen molar-refractivity contribution in [2.24, 2.45) is 5.92 Å². The first-order chi connectivity index (χ1) is 12.0. The number of hydrogen-bond donors (Lipinski definition) is 2. The van der Waals surface area contributed by atoms with Gasteiger partial charge in [0.2, 0.25) is 0 Å². The number of quaternary nitrogens is 1.